The molecule has 1 nitrogen and oxygen atoms in total. The fraction of sp³-hybridized carbons (Fsp3) is 0.667. The Morgan fingerprint density at radius 3 is 2.62 bits per heavy atom. The number of benzene rings is 1. The van der Waals surface area contributed by atoms with Gasteiger partial charge in [0.25, 0.3) is 0 Å². The Bertz CT molecular complexity index is 494. The molecule has 2 rings (SSSR count). The van der Waals surface area contributed by atoms with Crippen LogP contribution in [0.15, 0.2) is 22.7 Å². The third-order valence-corrected chi connectivity index (χ3v) is 5.59. The Hall–Kier alpha value is -0.410. The van der Waals surface area contributed by atoms with Crippen molar-refractivity contribution in [2.45, 2.75) is 64.8 Å². The summed E-state index contributed by atoms with van der Waals surface area (Å²) >= 11 is 3.26. The van der Waals surface area contributed by atoms with Crippen molar-refractivity contribution in [2.24, 2.45) is 17.1 Å². The number of hydrogen-bond acceptors (Lipinski definition) is 1. The molecule has 1 aromatic carbocycles. The van der Waals surface area contributed by atoms with Gasteiger partial charge in [0.2, 0.25) is 0 Å². The van der Waals surface area contributed by atoms with Gasteiger partial charge in [0.05, 0.1) is 4.47 Å². The fourth-order valence-corrected chi connectivity index (χ4v) is 3.96. The van der Waals surface area contributed by atoms with Crippen molar-refractivity contribution in [1.29, 1.82) is 0 Å². The van der Waals surface area contributed by atoms with Crippen LogP contribution in [0, 0.1) is 17.2 Å². The molecule has 3 heteroatoms. The first kappa shape index (κ1) is 17.0. The molecular formula is C18H27BrFN. The van der Waals surface area contributed by atoms with Crippen LogP contribution in [0.4, 0.5) is 4.39 Å². The van der Waals surface area contributed by atoms with E-state index in [1.807, 2.05) is 12.1 Å². The monoisotopic (exact) mass is 355 g/mol. The van der Waals surface area contributed by atoms with E-state index in [4.69, 9.17) is 5.73 Å². The number of hydrogen-bond donors (Lipinski definition) is 1. The first-order chi connectivity index (χ1) is 9.70. The summed E-state index contributed by atoms with van der Waals surface area (Å²) in [6, 6.07) is 5.26. The van der Waals surface area contributed by atoms with Gasteiger partial charge in [0.15, 0.2) is 0 Å². The van der Waals surface area contributed by atoms with Gasteiger partial charge in [-0.3, -0.25) is 0 Å². The molecule has 1 aliphatic rings. The highest BCUT2D eigenvalue weighted by Crippen LogP contribution is 2.40. The number of halogens is 2. The van der Waals surface area contributed by atoms with Crippen LogP contribution in [0.25, 0.3) is 0 Å². The lowest BCUT2D eigenvalue weighted by Crippen LogP contribution is -2.41. The van der Waals surface area contributed by atoms with E-state index < -0.39 is 0 Å². The normalized spacial score (nSPS) is 27.4. The van der Waals surface area contributed by atoms with E-state index in [1.165, 1.54) is 25.3 Å². The average molecular weight is 356 g/mol. The van der Waals surface area contributed by atoms with E-state index in [-0.39, 0.29) is 11.4 Å². The molecule has 1 fully saturated rings. The SMILES string of the molecule is CC(C)(C)C1CCCC(N)(Cc2ccc(F)c(Br)c2)CC1. The van der Waals surface area contributed by atoms with E-state index in [9.17, 15) is 4.39 Å². The number of rotatable bonds is 2. The van der Waals surface area contributed by atoms with Gasteiger partial charge in [-0.15, -0.1) is 0 Å². The van der Waals surface area contributed by atoms with E-state index in [0.717, 1.165) is 30.7 Å². The topological polar surface area (TPSA) is 26.0 Å². The molecule has 0 aliphatic heterocycles. The zero-order valence-electron chi connectivity index (χ0n) is 13.4. The molecular weight excluding hydrogens is 329 g/mol. The Kier molecular flexibility index (Phi) is 5.15. The Morgan fingerprint density at radius 2 is 2.00 bits per heavy atom. The van der Waals surface area contributed by atoms with Gasteiger partial charge < -0.3 is 5.73 Å². The quantitative estimate of drug-likeness (QED) is 0.700. The van der Waals surface area contributed by atoms with Gasteiger partial charge in [-0.1, -0.05) is 33.3 Å². The van der Waals surface area contributed by atoms with Crippen LogP contribution in [0.1, 0.15) is 58.4 Å². The molecule has 118 valence electrons. The summed E-state index contributed by atoms with van der Waals surface area (Å²) in [5.74, 6) is 0.543. The molecule has 0 aromatic heterocycles. The molecule has 2 N–H and O–H groups in total. The molecule has 21 heavy (non-hydrogen) atoms. The molecule has 0 amide bonds. The first-order valence-electron chi connectivity index (χ1n) is 7.92. The average Bonchev–Trinajstić information content (AvgIpc) is 2.55. The van der Waals surface area contributed by atoms with Crippen LogP contribution in [-0.2, 0) is 6.42 Å². The van der Waals surface area contributed by atoms with Gasteiger partial charge in [0, 0.05) is 5.54 Å². The molecule has 0 spiro atoms. The zero-order chi connectivity index (χ0) is 15.7. The van der Waals surface area contributed by atoms with Crippen LogP contribution in [0.3, 0.4) is 0 Å². The van der Waals surface area contributed by atoms with Crippen molar-refractivity contribution in [3.8, 4) is 0 Å². The Balaban J connectivity index is 2.06. The smallest absolute Gasteiger partial charge is 0.137 e. The largest absolute Gasteiger partial charge is 0.325 e. The lowest BCUT2D eigenvalue weighted by Gasteiger charge is -2.31. The van der Waals surface area contributed by atoms with Crippen molar-refractivity contribution >= 4 is 15.9 Å². The minimum absolute atomic E-state index is 0.142. The lowest BCUT2D eigenvalue weighted by atomic mass is 9.76. The highest BCUT2D eigenvalue weighted by atomic mass is 79.9. The van der Waals surface area contributed by atoms with Gasteiger partial charge in [-0.25, -0.2) is 4.39 Å². The third kappa shape index (κ3) is 4.53. The maximum atomic E-state index is 13.3. The second kappa shape index (κ2) is 6.37. The lowest BCUT2D eigenvalue weighted by molar-refractivity contribution is 0.210. The van der Waals surface area contributed by atoms with Crippen molar-refractivity contribution < 1.29 is 4.39 Å². The Morgan fingerprint density at radius 1 is 1.29 bits per heavy atom. The second-order valence-electron chi connectivity index (χ2n) is 7.78. The summed E-state index contributed by atoms with van der Waals surface area (Å²) in [5.41, 5.74) is 8.02. The van der Waals surface area contributed by atoms with Crippen molar-refractivity contribution in [2.75, 3.05) is 0 Å². The molecule has 0 heterocycles. The van der Waals surface area contributed by atoms with Gasteiger partial charge in [-0.2, -0.15) is 0 Å². The molecule has 2 atom stereocenters. The number of nitrogens with two attached hydrogens (primary N) is 1. The highest BCUT2D eigenvalue weighted by molar-refractivity contribution is 9.10. The second-order valence-corrected chi connectivity index (χ2v) is 8.64. The summed E-state index contributed by atoms with van der Waals surface area (Å²) in [6.07, 6.45) is 6.62. The predicted octanol–water partition coefficient (Wildman–Crippen LogP) is 5.45. The summed E-state index contributed by atoms with van der Waals surface area (Å²) in [5, 5.41) is 0. The molecule has 1 saturated carbocycles. The van der Waals surface area contributed by atoms with Crippen LogP contribution in [0.2, 0.25) is 0 Å². The summed E-state index contributed by atoms with van der Waals surface area (Å²) in [4.78, 5) is 0. The van der Waals surface area contributed by atoms with Crippen LogP contribution in [-0.4, -0.2) is 5.54 Å². The first-order valence-corrected chi connectivity index (χ1v) is 8.72. The van der Waals surface area contributed by atoms with Crippen molar-refractivity contribution in [1.82, 2.24) is 0 Å². The van der Waals surface area contributed by atoms with Gasteiger partial charge >= 0.3 is 0 Å². The minimum Gasteiger partial charge on any atom is -0.325 e. The molecule has 0 saturated heterocycles. The van der Waals surface area contributed by atoms with Crippen molar-refractivity contribution in [3.05, 3.63) is 34.1 Å². The van der Waals surface area contributed by atoms with Crippen molar-refractivity contribution in [3.63, 3.8) is 0 Å². The predicted molar refractivity (Wildman–Crippen MR) is 90.8 cm³/mol. The molecule has 0 bridgehead atoms. The maximum Gasteiger partial charge on any atom is 0.137 e. The van der Waals surface area contributed by atoms with Crippen LogP contribution >= 0.6 is 15.9 Å². The summed E-state index contributed by atoms with van der Waals surface area (Å²) in [7, 11) is 0. The molecule has 0 radical (unpaired) electrons. The van der Waals surface area contributed by atoms with E-state index in [2.05, 4.69) is 36.7 Å². The molecule has 1 aliphatic carbocycles. The van der Waals surface area contributed by atoms with Crippen LogP contribution < -0.4 is 5.73 Å². The van der Waals surface area contributed by atoms with Gasteiger partial charge in [0.1, 0.15) is 5.82 Å². The minimum atomic E-state index is -0.210. The van der Waals surface area contributed by atoms with E-state index in [1.54, 1.807) is 0 Å². The molecule has 1 aromatic rings. The molecule has 2 unspecified atom stereocenters. The Labute approximate surface area is 136 Å². The van der Waals surface area contributed by atoms with Gasteiger partial charge in [-0.05, 0) is 77.1 Å². The van der Waals surface area contributed by atoms with E-state index in [0.29, 0.717) is 9.89 Å². The van der Waals surface area contributed by atoms with E-state index >= 15 is 0 Å². The maximum absolute atomic E-state index is 13.3. The summed E-state index contributed by atoms with van der Waals surface area (Å²) in [6.45, 7) is 6.99. The standard InChI is InChI=1S/C18H27BrFN/c1-17(2,3)14-5-4-9-18(21,10-8-14)12-13-6-7-16(20)15(19)11-13/h6-7,11,14H,4-5,8-10,12,21H2,1-3H3. The fourth-order valence-electron chi connectivity index (χ4n) is 3.53. The third-order valence-electron chi connectivity index (χ3n) is 4.98. The highest BCUT2D eigenvalue weighted by Gasteiger charge is 2.33. The summed E-state index contributed by atoms with van der Waals surface area (Å²) < 4.78 is 13.9. The zero-order valence-corrected chi connectivity index (χ0v) is 15.0. The van der Waals surface area contributed by atoms with Crippen LogP contribution in [0.5, 0.6) is 0 Å².